The quantitative estimate of drug-likeness (QED) is 0.727. The molecule has 1 aliphatic heterocycles. The van der Waals surface area contributed by atoms with Gasteiger partial charge in [0, 0.05) is 5.54 Å². The van der Waals surface area contributed by atoms with Crippen molar-refractivity contribution in [3.05, 3.63) is 35.4 Å². The van der Waals surface area contributed by atoms with E-state index in [1.165, 1.54) is 24.1 Å². The van der Waals surface area contributed by atoms with Crippen molar-refractivity contribution < 1.29 is 0 Å². The molecule has 1 heterocycles. The van der Waals surface area contributed by atoms with Gasteiger partial charge in [-0.15, -0.1) is 0 Å². The molecule has 0 spiro atoms. The van der Waals surface area contributed by atoms with Crippen LogP contribution in [0.15, 0.2) is 24.3 Å². The van der Waals surface area contributed by atoms with Gasteiger partial charge in [-0.05, 0) is 38.8 Å². The lowest BCUT2D eigenvalue weighted by atomic mass is 9.83. The van der Waals surface area contributed by atoms with Crippen LogP contribution in [0.25, 0.3) is 0 Å². The first-order valence-electron chi connectivity index (χ1n) is 4.99. The van der Waals surface area contributed by atoms with E-state index in [2.05, 4.69) is 43.4 Å². The van der Waals surface area contributed by atoms with Crippen LogP contribution in [-0.4, -0.2) is 12.1 Å². The van der Waals surface area contributed by atoms with Gasteiger partial charge in [0.25, 0.3) is 0 Å². The van der Waals surface area contributed by atoms with E-state index in [1.807, 2.05) is 0 Å². The Labute approximate surface area is 80.2 Å². The molecule has 1 aliphatic rings. The summed E-state index contributed by atoms with van der Waals surface area (Å²) in [5.41, 5.74) is 3.18. The predicted molar refractivity (Wildman–Crippen MR) is 55.9 cm³/mol. The lowest BCUT2D eigenvalue weighted by molar-refractivity contribution is 0.231. The molecule has 1 N–H and O–H groups in total. The summed E-state index contributed by atoms with van der Waals surface area (Å²) in [7, 11) is 0. The largest absolute Gasteiger partial charge is 0.311 e. The molecule has 1 unspecified atom stereocenters. The van der Waals surface area contributed by atoms with Gasteiger partial charge in [0.1, 0.15) is 0 Å². The third kappa shape index (κ3) is 1.92. The zero-order valence-electron chi connectivity index (χ0n) is 8.43. The Hall–Kier alpha value is -0.820. The van der Waals surface area contributed by atoms with E-state index in [9.17, 15) is 0 Å². The highest BCUT2D eigenvalue weighted by Crippen LogP contribution is 2.23. The van der Waals surface area contributed by atoms with E-state index in [4.69, 9.17) is 0 Å². The molecule has 1 saturated heterocycles. The maximum Gasteiger partial charge on any atom is 0.0205 e. The zero-order chi connectivity index (χ0) is 9.31. The number of hydrogen-bond donors (Lipinski definition) is 1. The molecule has 1 heteroatoms. The smallest absolute Gasteiger partial charge is 0.0205 e. The summed E-state index contributed by atoms with van der Waals surface area (Å²) in [6, 6.07) is 8.80. The fraction of sp³-hybridized carbons (Fsp3) is 0.500. The molecular formula is C12H17N. The third-order valence-electron chi connectivity index (χ3n) is 2.91. The zero-order valence-corrected chi connectivity index (χ0v) is 8.43. The van der Waals surface area contributed by atoms with Gasteiger partial charge in [-0.25, -0.2) is 0 Å². The molecule has 1 aromatic carbocycles. The maximum atomic E-state index is 3.49. The fourth-order valence-electron chi connectivity index (χ4n) is 1.98. The Bertz CT molecular complexity index is 300. The molecule has 1 atom stereocenters. The number of hydrogen-bond acceptors (Lipinski definition) is 1. The summed E-state index contributed by atoms with van der Waals surface area (Å²) in [5, 5.41) is 3.49. The summed E-state index contributed by atoms with van der Waals surface area (Å²) in [6.07, 6.45) is 2.47. The maximum absolute atomic E-state index is 3.49. The van der Waals surface area contributed by atoms with E-state index in [0.717, 1.165) is 6.42 Å². The normalized spacial score (nSPS) is 26.9. The van der Waals surface area contributed by atoms with Gasteiger partial charge < -0.3 is 5.32 Å². The van der Waals surface area contributed by atoms with Crippen molar-refractivity contribution in [1.29, 1.82) is 0 Å². The van der Waals surface area contributed by atoms with Crippen molar-refractivity contribution in [1.82, 2.24) is 5.32 Å². The molecule has 1 fully saturated rings. The van der Waals surface area contributed by atoms with Crippen molar-refractivity contribution >= 4 is 0 Å². The molecule has 0 saturated carbocycles. The van der Waals surface area contributed by atoms with E-state index >= 15 is 0 Å². The van der Waals surface area contributed by atoms with E-state index < -0.39 is 0 Å². The second kappa shape index (κ2) is 3.15. The van der Waals surface area contributed by atoms with Crippen LogP contribution in [0.4, 0.5) is 0 Å². The van der Waals surface area contributed by atoms with Crippen LogP contribution in [0.3, 0.4) is 0 Å². The standard InChI is InChI=1S/C12H17N/c1-10-4-3-5-11(8-10)9-12(2)6-7-13-12/h3-5,8,13H,6-7,9H2,1-2H3. The first-order chi connectivity index (χ1) is 6.18. The lowest BCUT2D eigenvalue weighted by Crippen LogP contribution is -2.55. The minimum absolute atomic E-state index is 0.369. The Balaban J connectivity index is 2.09. The average Bonchev–Trinajstić information content (AvgIpc) is 2.01. The minimum atomic E-state index is 0.369. The monoisotopic (exact) mass is 175 g/mol. The molecule has 0 aliphatic carbocycles. The molecule has 1 nitrogen and oxygen atoms in total. The Morgan fingerprint density at radius 3 is 2.77 bits per heavy atom. The molecule has 2 rings (SSSR count). The highest BCUT2D eigenvalue weighted by Gasteiger charge is 2.30. The lowest BCUT2D eigenvalue weighted by Gasteiger charge is -2.40. The van der Waals surface area contributed by atoms with Crippen LogP contribution < -0.4 is 5.32 Å². The summed E-state index contributed by atoms with van der Waals surface area (Å²) in [5.74, 6) is 0. The van der Waals surface area contributed by atoms with Crippen molar-refractivity contribution in [2.45, 2.75) is 32.2 Å². The molecule has 0 radical (unpaired) electrons. The number of aryl methyl sites for hydroxylation is 1. The molecule has 0 bridgehead atoms. The number of benzene rings is 1. The SMILES string of the molecule is Cc1cccc(CC2(C)CCN2)c1. The second-order valence-electron chi connectivity index (χ2n) is 4.40. The Kier molecular flexibility index (Phi) is 2.12. The first-order valence-corrected chi connectivity index (χ1v) is 4.99. The fourth-order valence-corrected chi connectivity index (χ4v) is 1.98. The average molecular weight is 175 g/mol. The highest BCUT2D eigenvalue weighted by molar-refractivity contribution is 5.24. The van der Waals surface area contributed by atoms with Gasteiger partial charge in [-0.1, -0.05) is 29.8 Å². The van der Waals surface area contributed by atoms with Gasteiger partial charge in [0.15, 0.2) is 0 Å². The molecule has 1 aromatic rings. The molecule has 13 heavy (non-hydrogen) atoms. The van der Waals surface area contributed by atoms with Gasteiger partial charge in [-0.3, -0.25) is 0 Å². The summed E-state index contributed by atoms with van der Waals surface area (Å²) in [4.78, 5) is 0. The minimum Gasteiger partial charge on any atom is -0.311 e. The van der Waals surface area contributed by atoms with Crippen LogP contribution in [0.5, 0.6) is 0 Å². The first kappa shape index (κ1) is 8.76. The van der Waals surface area contributed by atoms with Gasteiger partial charge in [0.05, 0.1) is 0 Å². The van der Waals surface area contributed by atoms with Crippen LogP contribution in [0, 0.1) is 6.92 Å². The van der Waals surface area contributed by atoms with Gasteiger partial charge in [-0.2, -0.15) is 0 Å². The Morgan fingerprint density at radius 1 is 1.46 bits per heavy atom. The van der Waals surface area contributed by atoms with Gasteiger partial charge in [0.2, 0.25) is 0 Å². The van der Waals surface area contributed by atoms with Crippen LogP contribution in [0.1, 0.15) is 24.5 Å². The van der Waals surface area contributed by atoms with Crippen molar-refractivity contribution in [2.75, 3.05) is 6.54 Å². The molecule has 0 aromatic heterocycles. The molecular weight excluding hydrogens is 158 g/mol. The predicted octanol–water partition coefficient (Wildman–Crippen LogP) is 2.29. The van der Waals surface area contributed by atoms with Crippen LogP contribution in [-0.2, 0) is 6.42 Å². The van der Waals surface area contributed by atoms with Crippen LogP contribution in [0.2, 0.25) is 0 Å². The summed E-state index contributed by atoms with van der Waals surface area (Å²) in [6.45, 7) is 5.64. The van der Waals surface area contributed by atoms with Crippen LogP contribution >= 0.6 is 0 Å². The second-order valence-corrected chi connectivity index (χ2v) is 4.40. The highest BCUT2D eigenvalue weighted by atomic mass is 15.0. The van der Waals surface area contributed by atoms with E-state index in [-0.39, 0.29) is 0 Å². The van der Waals surface area contributed by atoms with E-state index in [1.54, 1.807) is 0 Å². The topological polar surface area (TPSA) is 12.0 Å². The van der Waals surface area contributed by atoms with Crippen molar-refractivity contribution in [2.24, 2.45) is 0 Å². The number of rotatable bonds is 2. The van der Waals surface area contributed by atoms with Gasteiger partial charge >= 0.3 is 0 Å². The molecule has 70 valence electrons. The Morgan fingerprint density at radius 2 is 2.23 bits per heavy atom. The van der Waals surface area contributed by atoms with Crippen molar-refractivity contribution in [3.63, 3.8) is 0 Å². The third-order valence-corrected chi connectivity index (χ3v) is 2.91. The summed E-state index contributed by atoms with van der Waals surface area (Å²) >= 11 is 0. The number of nitrogens with one attached hydrogen (secondary N) is 1. The van der Waals surface area contributed by atoms with Crippen molar-refractivity contribution in [3.8, 4) is 0 Å². The molecule has 0 amide bonds. The summed E-state index contributed by atoms with van der Waals surface area (Å²) < 4.78 is 0. The van der Waals surface area contributed by atoms with E-state index in [0.29, 0.717) is 5.54 Å².